The number of amides is 1. The molecule has 2 aliphatic rings. The maximum absolute atomic E-state index is 13.1. The standard InChI is InChI=1S/C27H32N10O2/c1-15-5-7-18(36(15)27(39)25-31-14-32-35-25)8-10-22-23(16(2)38)24(28)37-26(34-22)19(13-33-37)17-6-9-21(30-12-17)20-4-3-11-29-20/h6,9,12-15,18,20,29H,3-5,7-8,10-11,28H2,1-2H3,(H,31,32,35)/t15-,18-,20?/m1/s1. The number of nitrogen functional groups attached to an aromatic ring is 1. The largest absolute Gasteiger partial charge is 0.383 e. The second kappa shape index (κ2) is 10.2. The van der Waals surface area contributed by atoms with Crippen molar-refractivity contribution in [1.29, 1.82) is 0 Å². The second-order valence-electron chi connectivity index (χ2n) is 10.5. The van der Waals surface area contributed by atoms with Crippen LogP contribution in [0.2, 0.25) is 0 Å². The number of Topliss-reactive ketones (excluding diaryl/α,β-unsaturated/α-hetero) is 1. The fraction of sp³-hybridized carbons (Fsp3) is 0.444. The fourth-order valence-corrected chi connectivity index (χ4v) is 6.00. The molecular formula is C27H32N10O2. The molecule has 6 heterocycles. The van der Waals surface area contributed by atoms with E-state index < -0.39 is 0 Å². The minimum Gasteiger partial charge on any atom is -0.383 e. The lowest BCUT2D eigenvalue weighted by Gasteiger charge is -2.28. The van der Waals surface area contributed by atoms with Gasteiger partial charge in [0.1, 0.15) is 12.1 Å². The molecule has 2 fully saturated rings. The molecule has 4 aromatic heterocycles. The summed E-state index contributed by atoms with van der Waals surface area (Å²) in [6, 6.07) is 4.43. The average Bonchev–Trinajstić information content (AvgIpc) is 3.74. The van der Waals surface area contributed by atoms with Gasteiger partial charge in [0.25, 0.3) is 5.91 Å². The number of hydrogen-bond donors (Lipinski definition) is 3. The maximum atomic E-state index is 13.1. The van der Waals surface area contributed by atoms with E-state index >= 15 is 0 Å². The highest BCUT2D eigenvalue weighted by atomic mass is 16.2. The lowest BCUT2D eigenvalue weighted by molar-refractivity contribution is 0.0659. The van der Waals surface area contributed by atoms with Gasteiger partial charge in [-0.05, 0) is 65.0 Å². The van der Waals surface area contributed by atoms with Crippen molar-refractivity contribution in [3.05, 3.63) is 53.6 Å². The number of pyridine rings is 1. The van der Waals surface area contributed by atoms with Crippen molar-refractivity contribution < 1.29 is 9.59 Å². The predicted molar refractivity (Wildman–Crippen MR) is 144 cm³/mol. The molecule has 2 aliphatic heterocycles. The van der Waals surface area contributed by atoms with Crippen LogP contribution in [0.25, 0.3) is 16.8 Å². The SMILES string of the molecule is CC(=O)c1c(CC[C@H]2CC[C@@H](C)N2C(=O)c2nnc[nH]2)nc2c(-c3ccc(C4CCCN4)nc3)cnn2c1N. The Hall–Kier alpha value is -4.19. The van der Waals surface area contributed by atoms with Gasteiger partial charge in [-0.15, -0.1) is 10.2 Å². The van der Waals surface area contributed by atoms with E-state index in [1.54, 1.807) is 6.20 Å². The number of hydrogen-bond acceptors (Lipinski definition) is 9. The van der Waals surface area contributed by atoms with Gasteiger partial charge in [0.15, 0.2) is 11.4 Å². The number of H-pyrrole nitrogens is 1. The molecule has 202 valence electrons. The highest BCUT2D eigenvalue weighted by Crippen LogP contribution is 2.32. The molecule has 0 spiro atoms. The van der Waals surface area contributed by atoms with Crippen LogP contribution in [0.4, 0.5) is 5.82 Å². The van der Waals surface area contributed by atoms with Crippen LogP contribution in [0.1, 0.15) is 84.4 Å². The first-order chi connectivity index (χ1) is 18.9. The van der Waals surface area contributed by atoms with Crippen LogP contribution in [-0.2, 0) is 6.42 Å². The van der Waals surface area contributed by atoms with E-state index in [-0.39, 0.29) is 41.5 Å². The smallest absolute Gasteiger partial charge is 0.292 e. The number of nitrogens with zero attached hydrogens (tertiary/aromatic N) is 7. The zero-order valence-electron chi connectivity index (χ0n) is 22.1. The quantitative estimate of drug-likeness (QED) is 0.306. The molecule has 0 aliphatic carbocycles. The van der Waals surface area contributed by atoms with Crippen molar-refractivity contribution in [2.24, 2.45) is 0 Å². The van der Waals surface area contributed by atoms with Gasteiger partial charge in [-0.3, -0.25) is 14.6 Å². The van der Waals surface area contributed by atoms with Gasteiger partial charge in [-0.2, -0.15) is 9.61 Å². The third kappa shape index (κ3) is 4.54. The number of aryl methyl sites for hydroxylation is 1. The van der Waals surface area contributed by atoms with Gasteiger partial charge >= 0.3 is 0 Å². The Morgan fingerprint density at radius 2 is 2.05 bits per heavy atom. The molecule has 39 heavy (non-hydrogen) atoms. The molecule has 0 bridgehead atoms. The molecule has 6 rings (SSSR count). The van der Waals surface area contributed by atoms with Gasteiger partial charge in [0.05, 0.1) is 23.1 Å². The summed E-state index contributed by atoms with van der Waals surface area (Å²) in [5.41, 5.74) is 10.8. The number of rotatable bonds is 7. The lowest BCUT2D eigenvalue weighted by Crippen LogP contribution is -2.40. The lowest BCUT2D eigenvalue weighted by atomic mass is 10.0. The minimum absolute atomic E-state index is 0.0121. The van der Waals surface area contributed by atoms with Crippen LogP contribution >= 0.6 is 0 Å². The number of anilines is 1. The third-order valence-electron chi connectivity index (χ3n) is 7.98. The van der Waals surface area contributed by atoms with Crippen molar-refractivity contribution in [2.75, 3.05) is 12.3 Å². The summed E-state index contributed by atoms with van der Waals surface area (Å²) in [6.45, 7) is 4.54. The number of carbonyl (C=O) groups excluding carboxylic acids is 2. The van der Waals surface area contributed by atoms with Gasteiger partial charge in [0, 0.05) is 35.4 Å². The number of carbonyl (C=O) groups is 2. The van der Waals surface area contributed by atoms with Crippen molar-refractivity contribution in [3.8, 4) is 11.1 Å². The van der Waals surface area contributed by atoms with Crippen LogP contribution in [0.5, 0.6) is 0 Å². The van der Waals surface area contributed by atoms with E-state index in [4.69, 9.17) is 15.7 Å². The van der Waals surface area contributed by atoms with Crippen LogP contribution in [0, 0.1) is 0 Å². The number of ketones is 1. The average molecular weight is 529 g/mol. The molecule has 3 atom stereocenters. The molecule has 0 aromatic carbocycles. The molecule has 2 saturated heterocycles. The predicted octanol–water partition coefficient (Wildman–Crippen LogP) is 2.74. The Labute approximate surface area is 225 Å². The summed E-state index contributed by atoms with van der Waals surface area (Å²) in [6.07, 6.45) is 10.1. The maximum Gasteiger partial charge on any atom is 0.292 e. The van der Waals surface area contributed by atoms with E-state index in [1.807, 2.05) is 30.2 Å². The first kappa shape index (κ1) is 25.1. The number of fused-ring (bicyclic) bond motifs is 1. The van der Waals surface area contributed by atoms with Crippen LogP contribution in [-0.4, -0.2) is 70.0 Å². The summed E-state index contributed by atoms with van der Waals surface area (Å²) in [5.74, 6) is 0.162. The number of likely N-dealkylation sites (tertiary alicyclic amines) is 1. The van der Waals surface area contributed by atoms with E-state index in [9.17, 15) is 9.59 Å². The number of nitrogens with one attached hydrogen (secondary N) is 2. The first-order valence-corrected chi connectivity index (χ1v) is 13.5. The Bertz CT molecular complexity index is 1510. The number of aromatic nitrogens is 7. The molecule has 0 saturated carbocycles. The monoisotopic (exact) mass is 528 g/mol. The zero-order valence-corrected chi connectivity index (χ0v) is 22.1. The van der Waals surface area contributed by atoms with E-state index in [1.165, 1.54) is 17.8 Å². The molecule has 0 radical (unpaired) electrons. The van der Waals surface area contributed by atoms with Crippen LogP contribution in [0.15, 0.2) is 30.9 Å². The number of nitrogens with two attached hydrogens (primary N) is 1. The summed E-state index contributed by atoms with van der Waals surface area (Å²) in [5, 5.41) is 15.6. The second-order valence-corrected chi connectivity index (χ2v) is 10.5. The van der Waals surface area contributed by atoms with E-state index in [0.29, 0.717) is 29.7 Å². The van der Waals surface area contributed by atoms with E-state index in [0.717, 1.165) is 49.0 Å². The summed E-state index contributed by atoms with van der Waals surface area (Å²) in [4.78, 5) is 40.1. The highest BCUT2D eigenvalue weighted by Gasteiger charge is 2.36. The topological polar surface area (TPSA) is 160 Å². The molecule has 12 nitrogen and oxygen atoms in total. The summed E-state index contributed by atoms with van der Waals surface area (Å²) in [7, 11) is 0. The van der Waals surface area contributed by atoms with Gasteiger partial charge in [-0.25, -0.2) is 4.98 Å². The van der Waals surface area contributed by atoms with Gasteiger partial charge < -0.3 is 20.9 Å². The molecule has 1 unspecified atom stereocenters. The van der Waals surface area contributed by atoms with Crippen molar-refractivity contribution in [2.45, 2.75) is 70.5 Å². The molecule has 4 aromatic rings. The Morgan fingerprint density at radius 3 is 2.74 bits per heavy atom. The zero-order chi connectivity index (χ0) is 27.1. The van der Waals surface area contributed by atoms with Crippen molar-refractivity contribution >= 4 is 23.2 Å². The fourth-order valence-electron chi connectivity index (χ4n) is 6.00. The highest BCUT2D eigenvalue weighted by molar-refractivity contribution is 6.00. The Morgan fingerprint density at radius 1 is 1.18 bits per heavy atom. The van der Waals surface area contributed by atoms with Crippen LogP contribution in [0.3, 0.4) is 0 Å². The first-order valence-electron chi connectivity index (χ1n) is 13.5. The molecule has 1 amide bonds. The molecular weight excluding hydrogens is 496 g/mol. The summed E-state index contributed by atoms with van der Waals surface area (Å²) < 4.78 is 1.53. The van der Waals surface area contributed by atoms with Gasteiger partial charge in [0.2, 0.25) is 5.82 Å². The van der Waals surface area contributed by atoms with Gasteiger partial charge in [-0.1, -0.05) is 6.07 Å². The number of aromatic amines is 1. The van der Waals surface area contributed by atoms with Crippen molar-refractivity contribution in [3.63, 3.8) is 0 Å². The Balaban J connectivity index is 1.30. The Kier molecular flexibility index (Phi) is 6.55. The normalized spacial score (nSPS) is 21.2. The minimum atomic E-state index is -0.168. The molecule has 12 heteroatoms. The van der Waals surface area contributed by atoms with E-state index in [2.05, 4.69) is 25.6 Å². The molecule has 4 N–H and O–H groups in total. The third-order valence-corrected chi connectivity index (χ3v) is 7.98. The van der Waals surface area contributed by atoms with Crippen molar-refractivity contribution in [1.82, 2.24) is 45.0 Å². The summed E-state index contributed by atoms with van der Waals surface area (Å²) >= 11 is 0. The van der Waals surface area contributed by atoms with Crippen LogP contribution < -0.4 is 11.1 Å².